The molecule has 0 aliphatic heterocycles. The highest BCUT2D eigenvalue weighted by Crippen LogP contribution is 2.31. The lowest BCUT2D eigenvalue weighted by Crippen LogP contribution is -2.31. The first kappa shape index (κ1) is 22.7. The second kappa shape index (κ2) is 9.02. The van der Waals surface area contributed by atoms with Crippen molar-refractivity contribution in [2.45, 2.75) is 32.2 Å². The number of methoxy groups -OCH3 is 1. The molecule has 0 fully saturated rings. The Labute approximate surface area is 185 Å². The molecule has 0 aliphatic rings. The molecule has 6 heteroatoms. The van der Waals surface area contributed by atoms with Gasteiger partial charge in [-0.3, -0.25) is 4.31 Å². The van der Waals surface area contributed by atoms with Crippen LogP contribution in [0.15, 0.2) is 65.6 Å². The number of aryl methyl sites for hydroxylation is 3. The Morgan fingerprint density at radius 1 is 0.806 bits per heavy atom. The Kier molecular flexibility index (Phi) is 6.60. The second-order valence-electron chi connectivity index (χ2n) is 8.00. The van der Waals surface area contributed by atoms with Gasteiger partial charge in [0.15, 0.2) is 0 Å². The summed E-state index contributed by atoms with van der Waals surface area (Å²) >= 11 is 0. The van der Waals surface area contributed by atoms with Gasteiger partial charge in [-0.15, -0.1) is 0 Å². The largest absolute Gasteiger partial charge is 0.497 e. The van der Waals surface area contributed by atoms with Gasteiger partial charge < -0.3 is 9.64 Å². The van der Waals surface area contributed by atoms with Crippen LogP contribution < -0.4 is 13.9 Å². The second-order valence-corrected chi connectivity index (χ2v) is 9.80. The van der Waals surface area contributed by atoms with Crippen LogP contribution in [0.2, 0.25) is 0 Å². The number of hydrogen-bond donors (Lipinski definition) is 0. The van der Waals surface area contributed by atoms with Gasteiger partial charge in [-0.05, 0) is 73.9 Å². The monoisotopic (exact) mass is 438 g/mol. The molecule has 3 rings (SSSR count). The summed E-state index contributed by atoms with van der Waals surface area (Å²) < 4.78 is 34.5. The van der Waals surface area contributed by atoms with Crippen molar-refractivity contribution in [1.29, 1.82) is 0 Å². The van der Waals surface area contributed by atoms with Gasteiger partial charge in [0.2, 0.25) is 0 Å². The molecule has 164 valence electrons. The van der Waals surface area contributed by atoms with E-state index in [9.17, 15) is 8.42 Å². The van der Waals surface area contributed by atoms with Crippen LogP contribution in [0.1, 0.15) is 22.3 Å². The van der Waals surface area contributed by atoms with Gasteiger partial charge in [0.25, 0.3) is 10.0 Å². The van der Waals surface area contributed by atoms with Gasteiger partial charge >= 0.3 is 0 Å². The third-order valence-electron chi connectivity index (χ3n) is 5.29. The fourth-order valence-corrected chi connectivity index (χ4v) is 5.68. The van der Waals surface area contributed by atoms with E-state index in [2.05, 4.69) is 0 Å². The van der Waals surface area contributed by atoms with E-state index in [0.717, 1.165) is 27.9 Å². The number of nitrogens with zero attached hydrogens (tertiary/aromatic N) is 2. The molecule has 0 aliphatic carbocycles. The van der Waals surface area contributed by atoms with Crippen molar-refractivity contribution < 1.29 is 13.2 Å². The molecule has 0 saturated carbocycles. The number of ether oxygens (including phenoxy) is 1. The molecule has 0 radical (unpaired) electrons. The number of hydrogen-bond acceptors (Lipinski definition) is 4. The molecule has 0 N–H and O–H groups in total. The van der Waals surface area contributed by atoms with Crippen LogP contribution in [0, 0.1) is 20.8 Å². The Hall–Kier alpha value is -2.99. The van der Waals surface area contributed by atoms with Crippen molar-refractivity contribution in [1.82, 2.24) is 0 Å². The highest BCUT2D eigenvalue weighted by molar-refractivity contribution is 7.92. The molecule has 0 spiro atoms. The summed E-state index contributed by atoms with van der Waals surface area (Å²) in [5.41, 5.74) is 5.11. The van der Waals surface area contributed by atoms with E-state index in [4.69, 9.17) is 4.74 Å². The van der Waals surface area contributed by atoms with Crippen LogP contribution in [-0.4, -0.2) is 29.6 Å². The zero-order valence-corrected chi connectivity index (χ0v) is 19.8. The molecule has 0 atom stereocenters. The molecule has 0 unspecified atom stereocenters. The first-order valence-electron chi connectivity index (χ1n) is 10.1. The first-order chi connectivity index (χ1) is 14.6. The fourth-order valence-electron chi connectivity index (χ4n) is 3.81. The standard InChI is InChI=1S/C25H30N2O3S/c1-18-15-19(2)25(20(3)16-18)31(28,29)27(23-11-13-24(30-6)14-12-23)17-21-7-9-22(10-8-21)26(4)5/h7-16H,17H2,1-6H3. The van der Waals surface area contributed by atoms with E-state index in [1.807, 2.05) is 76.2 Å². The number of sulfonamides is 1. The quantitative estimate of drug-likeness (QED) is 0.516. The molecule has 0 heterocycles. The fraction of sp³-hybridized carbons (Fsp3) is 0.280. The summed E-state index contributed by atoms with van der Waals surface area (Å²) in [6, 6.07) is 18.9. The molecular weight excluding hydrogens is 408 g/mol. The Bertz CT molecular complexity index is 1130. The molecule has 0 saturated heterocycles. The van der Waals surface area contributed by atoms with E-state index >= 15 is 0 Å². The van der Waals surface area contributed by atoms with Crippen molar-refractivity contribution in [2.24, 2.45) is 0 Å². The Balaban J connectivity index is 2.11. The maximum absolute atomic E-state index is 13.9. The van der Waals surface area contributed by atoms with Crippen LogP contribution in [0.5, 0.6) is 5.75 Å². The minimum Gasteiger partial charge on any atom is -0.497 e. The van der Waals surface area contributed by atoms with E-state index in [0.29, 0.717) is 16.3 Å². The number of anilines is 2. The zero-order valence-electron chi connectivity index (χ0n) is 19.0. The zero-order chi connectivity index (χ0) is 22.8. The smallest absolute Gasteiger partial charge is 0.265 e. The van der Waals surface area contributed by atoms with Crippen molar-refractivity contribution in [2.75, 3.05) is 30.4 Å². The lowest BCUT2D eigenvalue weighted by molar-refractivity contribution is 0.415. The van der Waals surface area contributed by atoms with Crippen LogP contribution in [-0.2, 0) is 16.6 Å². The van der Waals surface area contributed by atoms with E-state index in [1.165, 1.54) is 4.31 Å². The topological polar surface area (TPSA) is 49.9 Å². The van der Waals surface area contributed by atoms with Crippen LogP contribution in [0.4, 0.5) is 11.4 Å². The van der Waals surface area contributed by atoms with Crippen LogP contribution >= 0.6 is 0 Å². The predicted octanol–water partition coefficient (Wildman–Crippen LogP) is 5.08. The summed E-state index contributed by atoms with van der Waals surface area (Å²) in [5, 5.41) is 0. The van der Waals surface area contributed by atoms with Gasteiger partial charge in [-0.2, -0.15) is 0 Å². The number of benzene rings is 3. The van der Waals surface area contributed by atoms with Crippen molar-refractivity contribution in [3.63, 3.8) is 0 Å². The number of rotatable bonds is 7. The molecule has 0 aromatic heterocycles. The van der Waals surface area contributed by atoms with Gasteiger partial charge in [0.1, 0.15) is 5.75 Å². The Morgan fingerprint density at radius 2 is 1.32 bits per heavy atom. The summed E-state index contributed by atoms with van der Waals surface area (Å²) in [5.74, 6) is 0.680. The van der Waals surface area contributed by atoms with Crippen molar-refractivity contribution in [3.8, 4) is 5.75 Å². The molecule has 3 aromatic rings. The molecular formula is C25H30N2O3S. The summed E-state index contributed by atoms with van der Waals surface area (Å²) in [4.78, 5) is 2.37. The van der Waals surface area contributed by atoms with Crippen molar-refractivity contribution >= 4 is 21.4 Å². The van der Waals surface area contributed by atoms with Gasteiger partial charge in [-0.1, -0.05) is 29.8 Å². The summed E-state index contributed by atoms with van der Waals surface area (Å²) in [7, 11) is 1.75. The SMILES string of the molecule is COc1ccc(N(Cc2ccc(N(C)C)cc2)S(=O)(=O)c2c(C)cc(C)cc2C)cc1. The maximum Gasteiger partial charge on any atom is 0.265 e. The van der Waals surface area contributed by atoms with Gasteiger partial charge in [0.05, 0.1) is 24.2 Å². The predicted molar refractivity (Wildman–Crippen MR) is 128 cm³/mol. The molecule has 31 heavy (non-hydrogen) atoms. The minimum absolute atomic E-state index is 0.231. The molecule has 3 aromatic carbocycles. The summed E-state index contributed by atoms with van der Waals surface area (Å²) in [6.45, 7) is 5.91. The average Bonchev–Trinajstić information content (AvgIpc) is 2.71. The lowest BCUT2D eigenvalue weighted by Gasteiger charge is -2.27. The highest BCUT2D eigenvalue weighted by atomic mass is 32.2. The average molecular weight is 439 g/mol. The van der Waals surface area contributed by atoms with E-state index in [-0.39, 0.29) is 6.54 Å². The third kappa shape index (κ3) is 4.85. The van der Waals surface area contributed by atoms with E-state index in [1.54, 1.807) is 31.4 Å². The lowest BCUT2D eigenvalue weighted by atomic mass is 10.1. The maximum atomic E-state index is 13.9. The van der Waals surface area contributed by atoms with Crippen LogP contribution in [0.3, 0.4) is 0 Å². The first-order valence-corrected chi connectivity index (χ1v) is 11.6. The molecule has 5 nitrogen and oxygen atoms in total. The third-order valence-corrected chi connectivity index (χ3v) is 7.37. The minimum atomic E-state index is -3.79. The molecule has 0 amide bonds. The van der Waals surface area contributed by atoms with Gasteiger partial charge in [-0.25, -0.2) is 8.42 Å². The van der Waals surface area contributed by atoms with Crippen LogP contribution in [0.25, 0.3) is 0 Å². The van der Waals surface area contributed by atoms with Crippen molar-refractivity contribution in [3.05, 3.63) is 82.9 Å². The van der Waals surface area contributed by atoms with Gasteiger partial charge in [0, 0.05) is 19.8 Å². The normalized spacial score (nSPS) is 11.3. The molecule has 0 bridgehead atoms. The highest BCUT2D eigenvalue weighted by Gasteiger charge is 2.28. The van der Waals surface area contributed by atoms with E-state index < -0.39 is 10.0 Å². The Morgan fingerprint density at radius 3 is 1.81 bits per heavy atom. The summed E-state index contributed by atoms with van der Waals surface area (Å²) in [6.07, 6.45) is 0.